The molecule has 0 aliphatic carbocycles. The molecule has 0 radical (unpaired) electrons. The first-order valence-electron chi connectivity index (χ1n) is 9.37. The second-order valence-electron chi connectivity index (χ2n) is 6.55. The normalized spacial score (nSPS) is 11.3. The molecule has 2 aromatic rings. The molecule has 0 saturated carbocycles. The minimum atomic E-state index is -3.66. The van der Waals surface area contributed by atoms with Crippen molar-refractivity contribution >= 4 is 21.6 Å². The summed E-state index contributed by atoms with van der Waals surface area (Å²) in [6.07, 6.45) is 0.699. The van der Waals surface area contributed by atoms with E-state index in [0.717, 1.165) is 5.56 Å². The number of hydrogen-bond donors (Lipinski definition) is 1. The third-order valence-corrected chi connectivity index (χ3v) is 6.16. The van der Waals surface area contributed by atoms with Crippen LogP contribution >= 0.6 is 0 Å². The molecule has 0 fully saturated rings. The average Bonchev–Trinajstić information content (AvgIpc) is 2.73. The van der Waals surface area contributed by atoms with E-state index in [-0.39, 0.29) is 10.8 Å². The zero-order chi connectivity index (χ0) is 21.3. The lowest BCUT2D eigenvalue weighted by Gasteiger charge is -2.20. The number of carbonyl (C=O) groups excluding carboxylic acids is 1. The number of benzene rings is 2. The van der Waals surface area contributed by atoms with Gasteiger partial charge in [-0.2, -0.15) is 0 Å². The molecule has 158 valence electrons. The Kier molecular flexibility index (Phi) is 8.63. The summed E-state index contributed by atoms with van der Waals surface area (Å²) in [5.74, 6) is -0.211. The first-order valence-corrected chi connectivity index (χ1v) is 10.8. The van der Waals surface area contributed by atoms with E-state index >= 15 is 0 Å². The molecule has 0 atom stereocenters. The molecule has 0 unspecified atom stereocenters. The Morgan fingerprint density at radius 2 is 1.66 bits per heavy atom. The van der Waals surface area contributed by atoms with Crippen LogP contribution in [0.25, 0.3) is 0 Å². The first-order chi connectivity index (χ1) is 13.9. The lowest BCUT2D eigenvalue weighted by Crippen LogP contribution is -2.27. The predicted octanol–water partition coefficient (Wildman–Crippen LogP) is 2.60. The number of methoxy groups -OCH3 is 1. The van der Waals surface area contributed by atoms with Gasteiger partial charge in [0.15, 0.2) is 0 Å². The van der Waals surface area contributed by atoms with Crippen LogP contribution in [0.1, 0.15) is 22.3 Å². The highest BCUT2D eigenvalue weighted by atomic mass is 32.2. The SMILES string of the molecule is COCCOCCCNC(=O)c1ccc(N(C)S(=O)(=O)c2ccc(C)cc2)cc1. The van der Waals surface area contributed by atoms with Gasteiger partial charge in [-0.1, -0.05) is 17.7 Å². The number of carbonyl (C=O) groups is 1. The minimum absolute atomic E-state index is 0.211. The lowest BCUT2D eigenvalue weighted by molar-refractivity contribution is 0.0688. The van der Waals surface area contributed by atoms with Crippen molar-refractivity contribution < 1.29 is 22.7 Å². The topological polar surface area (TPSA) is 84.9 Å². The van der Waals surface area contributed by atoms with E-state index in [1.54, 1.807) is 55.6 Å². The number of rotatable bonds is 11. The van der Waals surface area contributed by atoms with Crippen molar-refractivity contribution in [2.24, 2.45) is 0 Å². The number of nitrogens with one attached hydrogen (secondary N) is 1. The molecule has 29 heavy (non-hydrogen) atoms. The molecule has 0 saturated heterocycles. The van der Waals surface area contributed by atoms with Crippen molar-refractivity contribution in [2.75, 3.05) is 44.8 Å². The van der Waals surface area contributed by atoms with Gasteiger partial charge in [-0.15, -0.1) is 0 Å². The monoisotopic (exact) mass is 420 g/mol. The van der Waals surface area contributed by atoms with Crippen molar-refractivity contribution in [2.45, 2.75) is 18.2 Å². The molecule has 0 aliphatic rings. The summed E-state index contributed by atoms with van der Waals surface area (Å²) in [6, 6.07) is 13.2. The van der Waals surface area contributed by atoms with E-state index in [2.05, 4.69) is 5.32 Å². The summed E-state index contributed by atoms with van der Waals surface area (Å²) in [5, 5.41) is 2.82. The maximum atomic E-state index is 12.8. The number of sulfonamides is 1. The van der Waals surface area contributed by atoms with Crippen LogP contribution < -0.4 is 9.62 Å². The van der Waals surface area contributed by atoms with Crippen molar-refractivity contribution in [1.29, 1.82) is 0 Å². The van der Waals surface area contributed by atoms with Crippen LogP contribution in [0.3, 0.4) is 0 Å². The van der Waals surface area contributed by atoms with Gasteiger partial charge in [0.05, 0.1) is 23.8 Å². The molecular weight excluding hydrogens is 392 g/mol. The van der Waals surface area contributed by atoms with E-state index < -0.39 is 10.0 Å². The van der Waals surface area contributed by atoms with Gasteiger partial charge in [0.1, 0.15) is 0 Å². The molecule has 0 bridgehead atoms. The number of amides is 1. The van der Waals surface area contributed by atoms with Crippen LogP contribution in [-0.4, -0.2) is 54.8 Å². The van der Waals surface area contributed by atoms with Crippen LogP contribution in [0.5, 0.6) is 0 Å². The Labute approximate surface area is 172 Å². The zero-order valence-corrected chi connectivity index (χ0v) is 17.9. The molecular formula is C21H28N2O5S. The number of anilines is 1. The average molecular weight is 421 g/mol. The number of aryl methyl sites for hydroxylation is 1. The Morgan fingerprint density at radius 1 is 1.00 bits per heavy atom. The fourth-order valence-corrected chi connectivity index (χ4v) is 3.75. The molecule has 2 aromatic carbocycles. The van der Waals surface area contributed by atoms with Crippen LogP contribution in [0.4, 0.5) is 5.69 Å². The summed E-state index contributed by atoms with van der Waals surface area (Å²) >= 11 is 0. The highest BCUT2D eigenvalue weighted by molar-refractivity contribution is 7.92. The summed E-state index contributed by atoms with van der Waals surface area (Å²) in [5.41, 5.74) is 1.94. The second kappa shape index (κ2) is 10.9. The highest BCUT2D eigenvalue weighted by Crippen LogP contribution is 2.22. The molecule has 0 aliphatic heterocycles. The summed E-state index contributed by atoms with van der Waals surface area (Å²) < 4.78 is 36.9. The highest BCUT2D eigenvalue weighted by Gasteiger charge is 2.21. The van der Waals surface area contributed by atoms with Crippen molar-refractivity contribution in [3.8, 4) is 0 Å². The van der Waals surface area contributed by atoms with Crippen LogP contribution in [0.15, 0.2) is 53.4 Å². The molecule has 1 amide bonds. The summed E-state index contributed by atoms with van der Waals surface area (Å²) in [6.45, 7) is 4.02. The van der Waals surface area contributed by atoms with Crippen LogP contribution in [0.2, 0.25) is 0 Å². The van der Waals surface area contributed by atoms with Crippen molar-refractivity contribution in [1.82, 2.24) is 5.32 Å². The van der Waals surface area contributed by atoms with Gasteiger partial charge in [-0.05, 0) is 49.7 Å². The number of hydrogen-bond acceptors (Lipinski definition) is 5. The quantitative estimate of drug-likeness (QED) is 0.565. The van der Waals surface area contributed by atoms with Gasteiger partial charge < -0.3 is 14.8 Å². The number of nitrogens with zero attached hydrogens (tertiary/aromatic N) is 1. The first kappa shape index (κ1) is 22.9. The molecule has 0 spiro atoms. The fraction of sp³-hybridized carbons (Fsp3) is 0.381. The maximum Gasteiger partial charge on any atom is 0.264 e. The van der Waals surface area contributed by atoms with E-state index in [9.17, 15) is 13.2 Å². The van der Waals surface area contributed by atoms with E-state index in [1.807, 2.05) is 6.92 Å². The summed E-state index contributed by atoms with van der Waals surface area (Å²) in [4.78, 5) is 12.4. The van der Waals surface area contributed by atoms with E-state index in [1.165, 1.54) is 11.4 Å². The Morgan fingerprint density at radius 3 is 2.28 bits per heavy atom. The molecule has 0 aromatic heterocycles. The second-order valence-corrected chi connectivity index (χ2v) is 8.52. The Bertz CT molecular complexity index is 880. The smallest absolute Gasteiger partial charge is 0.264 e. The van der Waals surface area contributed by atoms with Crippen molar-refractivity contribution in [3.63, 3.8) is 0 Å². The van der Waals surface area contributed by atoms with Crippen molar-refractivity contribution in [3.05, 3.63) is 59.7 Å². The lowest BCUT2D eigenvalue weighted by atomic mass is 10.2. The Balaban J connectivity index is 1.91. The maximum absolute atomic E-state index is 12.8. The van der Waals surface area contributed by atoms with Gasteiger partial charge in [0, 0.05) is 32.9 Å². The van der Waals surface area contributed by atoms with Gasteiger partial charge in [-0.25, -0.2) is 8.42 Å². The largest absolute Gasteiger partial charge is 0.382 e. The number of ether oxygens (including phenoxy) is 2. The third kappa shape index (κ3) is 6.56. The fourth-order valence-electron chi connectivity index (χ4n) is 2.55. The molecule has 7 nitrogen and oxygen atoms in total. The van der Waals surface area contributed by atoms with Crippen LogP contribution in [-0.2, 0) is 19.5 Å². The molecule has 2 rings (SSSR count). The van der Waals surface area contributed by atoms with E-state index in [4.69, 9.17) is 9.47 Å². The van der Waals surface area contributed by atoms with Gasteiger partial charge in [0.25, 0.3) is 15.9 Å². The standard InChI is InChI=1S/C21H28N2O5S/c1-17-5-11-20(12-6-17)29(25,26)23(2)19-9-7-18(8-10-19)21(24)22-13-4-14-28-16-15-27-3/h5-12H,4,13-16H2,1-3H3,(H,22,24). The molecule has 8 heteroatoms. The molecule has 0 heterocycles. The Hall–Kier alpha value is -2.42. The van der Waals surface area contributed by atoms with Gasteiger partial charge in [-0.3, -0.25) is 9.10 Å². The minimum Gasteiger partial charge on any atom is -0.382 e. The van der Waals surface area contributed by atoms with E-state index in [0.29, 0.717) is 44.0 Å². The van der Waals surface area contributed by atoms with Crippen LogP contribution in [0, 0.1) is 6.92 Å². The predicted molar refractivity (Wildman–Crippen MR) is 113 cm³/mol. The van der Waals surface area contributed by atoms with Gasteiger partial charge >= 0.3 is 0 Å². The third-order valence-electron chi connectivity index (χ3n) is 4.36. The van der Waals surface area contributed by atoms with Gasteiger partial charge in [0.2, 0.25) is 0 Å². The summed E-state index contributed by atoms with van der Waals surface area (Å²) in [7, 11) is -0.550. The molecule has 1 N–H and O–H groups in total. The zero-order valence-electron chi connectivity index (χ0n) is 17.1.